The first-order valence-corrected chi connectivity index (χ1v) is 7.78. The highest BCUT2D eigenvalue weighted by atomic mass is 19.1. The van der Waals surface area contributed by atoms with E-state index in [4.69, 9.17) is 4.42 Å². The number of benzene rings is 2. The van der Waals surface area contributed by atoms with Gasteiger partial charge in [-0.15, -0.1) is 0 Å². The number of hydrogen-bond acceptors (Lipinski definition) is 3. The SMILES string of the molecule is Cc1ccc2oc3c(-c4ccccc4F)c(CO)c(C)nc3c2c1. The van der Waals surface area contributed by atoms with E-state index >= 15 is 0 Å². The normalized spacial score (nSPS) is 11.5. The Labute approximate surface area is 138 Å². The Bertz CT molecular complexity index is 1080. The molecule has 0 atom stereocenters. The molecular formula is C20H16FNO2. The first kappa shape index (κ1) is 14.8. The number of rotatable bonds is 2. The van der Waals surface area contributed by atoms with Gasteiger partial charge in [0.25, 0.3) is 0 Å². The molecule has 3 nitrogen and oxygen atoms in total. The van der Waals surface area contributed by atoms with Gasteiger partial charge >= 0.3 is 0 Å². The number of nitrogens with zero attached hydrogens (tertiary/aromatic N) is 1. The quantitative estimate of drug-likeness (QED) is 0.571. The third-order valence-electron chi connectivity index (χ3n) is 4.36. The van der Waals surface area contributed by atoms with Gasteiger partial charge in [0.15, 0.2) is 5.58 Å². The zero-order chi connectivity index (χ0) is 16.8. The minimum Gasteiger partial charge on any atom is -0.454 e. The lowest BCUT2D eigenvalue weighted by Gasteiger charge is -2.11. The summed E-state index contributed by atoms with van der Waals surface area (Å²) in [5, 5.41) is 10.7. The molecule has 2 aromatic carbocycles. The molecule has 0 amide bonds. The van der Waals surface area contributed by atoms with Crippen molar-refractivity contribution in [2.75, 3.05) is 0 Å². The van der Waals surface area contributed by atoms with E-state index < -0.39 is 0 Å². The number of aromatic nitrogens is 1. The van der Waals surface area contributed by atoms with Crippen LogP contribution in [-0.4, -0.2) is 10.1 Å². The lowest BCUT2D eigenvalue weighted by atomic mass is 9.97. The Morgan fingerprint density at radius 1 is 1.12 bits per heavy atom. The highest BCUT2D eigenvalue weighted by Crippen LogP contribution is 2.39. The highest BCUT2D eigenvalue weighted by Gasteiger charge is 2.21. The highest BCUT2D eigenvalue weighted by molar-refractivity contribution is 6.08. The van der Waals surface area contributed by atoms with Gasteiger partial charge in [0.1, 0.15) is 16.9 Å². The number of fused-ring (bicyclic) bond motifs is 3. The van der Waals surface area contributed by atoms with Crippen LogP contribution in [0.3, 0.4) is 0 Å². The van der Waals surface area contributed by atoms with E-state index in [1.165, 1.54) is 6.07 Å². The van der Waals surface area contributed by atoms with E-state index in [1.54, 1.807) is 18.2 Å². The van der Waals surface area contributed by atoms with Crippen molar-refractivity contribution in [3.05, 3.63) is 65.1 Å². The maximum absolute atomic E-state index is 14.4. The van der Waals surface area contributed by atoms with Crippen LogP contribution in [0.15, 0.2) is 46.9 Å². The van der Waals surface area contributed by atoms with Crippen LogP contribution < -0.4 is 0 Å². The van der Waals surface area contributed by atoms with Crippen molar-refractivity contribution in [3.8, 4) is 11.1 Å². The largest absolute Gasteiger partial charge is 0.454 e. The first-order chi connectivity index (χ1) is 11.6. The Balaban J connectivity index is 2.21. The maximum Gasteiger partial charge on any atom is 0.162 e. The summed E-state index contributed by atoms with van der Waals surface area (Å²) < 4.78 is 20.4. The third-order valence-corrected chi connectivity index (χ3v) is 4.36. The third kappa shape index (κ3) is 2.11. The molecule has 0 unspecified atom stereocenters. The van der Waals surface area contributed by atoms with Gasteiger partial charge in [-0.05, 0) is 32.0 Å². The molecule has 4 heteroatoms. The predicted octanol–water partition coefficient (Wildman–Crippen LogP) is 4.90. The number of aryl methyl sites for hydroxylation is 2. The van der Waals surface area contributed by atoms with Crippen LogP contribution in [0.4, 0.5) is 4.39 Å². The molecule has 0 saturated heterocycles. The number of aliphatic hydroxyl groups is 1. The van der Waals surface area contributed by atoms with E-state index in [2.05, 4.69) is 4.98 Å². The number of halogens is 1. The van der Waals surface area contributed by atoms with Gasteiger partial charge in [-0.3, -0.25) is 0 Å². The first-order valence-electron chi connectivity index (χ1n) is 7.78. The molecule has 2 aromatic heterocycles. The van der Waals surface area contributed by atoms with Crippen LogP contribution in [0.2, 0.25) is 0 Å². The summed E-state index contributed by atoms with van der Waals surface area (Å²) in [4.78, 5) is 4.62. The van der Waals surface area contributed by atoms with Crippen LogP contribution in [0, 0.1) is 19.7 Å². The summed E-state index contributed by atoms with van der Waals surface area (Å²) in [6, 6.07) is 12.4. The zero-order valence-corrected chi connectivity index (χ0v) is 13.4. The molecule has 0 aliphatic carbocycles. The van der Waals surface area contributed by atoms with E-state index in [1.807, 2.05) is 32.0 Å². The average Bonchev–Trinajstić information content (AvgIpc) is 2.92. The molecule has 4 rings (SSSR count). The summed E-state index contributed by atoms with van der Waals surface area (Å²) in [6.07, 6.45) is 0. The van der Waals surface area contributed by atoms with Crippen LogP contribution in [0.1, 0.15) is 16.8 Å². The summed E-state index contributed by atoms with van der Waals surface area (Å²) >= 11 is 0. The fraction of sp³-hybridized carbons (Fsp3) is 0.150. The van der Waals surface area contributed by atoms with Crippen molar-refractivity contribution >= 4 is 22.1 Å². The zero-order valence-electron chi connectivity index (χ0n) is 13.4. The number of hydrogen-bond donors (Lipinski definition) is 1. The van der Waals surface area contributed by atoms with Gasteiger partial charge in [-0.25, -0.2) is 9.37 Å². The van der Waals surface area contributed by atoms with Gasteiger partial charge < -0.3 is 9.52 Å². The van der Waals surface area contributed by atoms with E-state index in [-0.39, 0.29) is 12.4 Å². The standard InChI is InChI=1S/C20H16FNO2/c1-11-7-8-17-14(9-11)19-20(24-17)18(15(10-23)12(2)22-19)13-5-3-4-6-16(13)21/h3-9,23H,10H2,1-2H3. The molecule has 2 heterocycles. The topological polar surface area (TPSA) is 46.3 Å². The molecule has 0 aliphatic rings. The molecule has 24 heavy (non-hydrogen) atoms. The molecule has 0 radical (unpaired) electrons. The number of furan rings is 1. The van der Waals surface area contributed by atoms with Crippen LogP contribution in [0.5, 0.6) is 0 Å². The minimum atomic E-state index is -0.351. The van der Waals surface area contributed by atoms with Gasteiger partial charge in [-0.1, -0.05) is 29.8 Å². The summed E-state index contributed by atoms with van der Waals surface area (Å²) in [5.41, 5.74) is 5.26. The molecule has 1 N–H and O–H groups in total. The fourth-order valence-electron chi connectivity index (χ4n) is 3.17. The van der Waals surface area contributed by atoms with Crippen LogP contribution >= 0.6 is 0 Å². The van der Waals surface area contributed by atoms with E-state index in [0.717, 1.165) is 10.9 Å². The molecule has 120 valence electrons. The lowest BCUT2D eigenvalue weighted by molar-refractivity contribution is 0.281. The van der Waals surface area contributed by atoms with Crippen molar-refractivity contribution in [1.82, 2.24) is 4.98 Å². The average molecular weight is 321 g/mol. The summed E-state index contributed by atoms with van der Waals surface area (Å²) in [5.74, 6) is -0.351. The second-order valence-corrected chi connectivity index (χ2v) is 5.97. The van der Waals surface area contributed by atoms with Crippen molar-refractivity contribution in [2.24, 2.45) is 0 Å². The number of aliphatic hydroxyl groups excluding tert-OH is 1. The van der Waals surface area contributed by atoms with E-state index in [0.29, 0.717) is 39.1 Å². The van der Waals surface area contributed by atoms with E-state index in [9.17, 15) is 9.50 Å². The lowest BCUT2D eigenvalue weighted by Crippen LogP contribution is -1.99. The van der Waals surface area contributed by atoms with Crippen LogP contribution in [-0.2, 0) is 6.61 Å². The Kier molecular flexibility index (Phi) is 3.36. The predicted molar refractivity (Wildman–Crippen MR) is 92.3 cm³/mol. The van der Waals surface area contributed by atoms with Crippen molar-refractivity contribution < 1.29 is 13.9 Å². The molecule has 0 bridgehead atoms. The maximum atomic E-state index is 14.4. The molecule has 4 aromatic rings. The van der Waals surface area contributed by atoms with Crippen molar-refractivity contribution in [3.63, 3.8) is 0 Å². The second kappa shape index (κ2) is 5.42. The molecule has 0 fully saturated rings. The Hall–Kier alpha value is -2.72. The Morgan fingerprint density at radius 3 is 2.67 bits per heavy atom. The molecular weight excluding hydrogens is 305 g/mol. The summed E-state index contributed by atoms with van der Waals surface area (Å²) in [7, 11) is 0. The number of pyridine rings is 1. The van der Waals surface area contributed by atoms with Crippen molar-refractivity contribution in [2.45, 2.75) is 20.5 Å². The van der Waals surface area contributed by atoms with Gasteiger partial charge in [0, 0.05) is 27.8 Å². The van der Waals surface area contributed by atoms with Gasteiger partial charge in [-0.2, -0.15) is 0 Å². The van der Waals surface area contributed by atoms with Gasteiger partial charge in [0.2, 0.25) is 0 Å². The monoisotopic (exact) mass is 321 g/mol. The van der Waals surface area contributed by atoms with Gasteiger partial charge in [0.05, 0.1) is 6.61 Å². The minimum absolute atomic E-state index is 0.228. The Morgan fingerprint density at radius 2 is 1.92 bits per heavy atom. The van der Waals surface area contributed by atoms with Crippen LogP contribution in [0.25, 0.3) is 33.2 Å². The smallest absolute Gasteiger partial charge is 0.162 e. The summed E-state index contributed by atoms with van der Waals surface area (Å²) in [6.45, 7) is 3.60. The molecule has 0 saturated carbocycles. The fourth-order valence-corrected chi connectivity index (χ4v) is 3.17. The van der Waals surface area contributed by atoms with Crippen molar-refractivity contribution in [1.29, 1.82) is 0 Å². The molecule has 0 aliphatic heterocycles. The second-order valence-electron chi connectivity index (χ2n) is 5.97. The molecule has 0 spiro atoms.